The van der Waals surface area contributed by atoms with E-state index in [1.54, 1.807) is 23.5 Å². The third-order valence-electron chi connectivity index (χ3n) is 3.67. The number of hydrogen-bond acceptors (Lipinski definition) is 4. The van der Waals surface area contributed by atoms with Crippen LogP contribution in [-0.2, 0) is 7.05 Å². The molecule has 5 nitrogen and oxygen atoms in total. The molecule has 19 heavy (non-hydrogen) atoms. The normalized spacial score (nSPS) is 18.1. The average Bonchev–Trinajstić information content (AvgIpc) is 2.77. The van der Waals surface area contributed by atoms with Gasteiger partial charge in [0.05, 0.1) is 11.8 Å². The molecule has 6 heteroatoms. The van der Waals surface area contributed by atoms with E-state index >= 15 is 0 Å². The molecule has 102 valence electrons. The second-order valence-corrected chi connectivity index (χ2v) is 6.09. The number of carbonyl (C=O) groups is 1. The molecule has 1 amide bonds. The lowest BCUT2D eigenvalue weighted by Gasteiger charge is -2.36. The van der Waals surface area contributed by atoms with Crippen molar-refractivity contribution >= 4 is 17.7 Å². The Bertz CT molecular complexity index is 523. The van der Waals surface area contributed by atoms with Gasteiger partial charge in [0, 0.05) is 20.1 Å². The summed E-state index contributed by atoms with van der Waals surface area (Å²) < 4.78 is 1.30. The number of thioether (sulfide) groups is 1. The second kappa shape index (κ2) is 5.25. The minimum atomic E-state index is -0.320. The predicted molar refractivity (Wildman–Crippen MR) is 74.9 cm³/mol. The monoisotopic (exact) mass is 278 g/mol. The van der Waals surface area contributed by atoms with E-state index in [1.165, 1.54) is 0 Å². The summed E-state index contributed by atoms with van der Waals surface area (Å²) in [6.45, 7) is 3.15. The number of piperidine rings is 1. The lowest BCUT2D eigenvalue weighted by atomic mass is 9.97. The molecule has 1 fully saturated rings. The van der Waals surface area contributed by atoms with E-state index in [0.29, 0.717) is 18.8 Å². The predicted octanol–water partition coefficient (Wildman–Crippen LogP) is 1.59. The third-order valence-corrected chi connectivity index (χ3v) is 4.95. The van der Waals surface area contributed by atoms with Crippen LogP contribution in [0.5, 0.6) is 0 Å². The van der Waals surface area contributed by atoms with Crippen LogP contribution >= 0.6 is 11.8 Å². The molecule has 2 rings (SSSR count). The van der Waals surface area contributed by atoms with Gasteiger partial charge in [-0.1, -0.05) is 0 Å². The molecule has 1 aliphatic heterocycles. The molecule has 0 aliphatic carbocycles. The van der Waals surface area contributed by atoms with Crippen molar-refractivity contribution in [2.75, 3.05) is 19.3 Å². The zero-order chi connectivity index (χ0) is 14.0. The Morgan fingerprint density at radius 2 is 2.16 bits per heavy atom. The SMILES string of the molecule is CSC1(C#N)CCN(C(=O)c2cc(C)nn2C)CC1. The highest BCUT2D eigenvalue weighted by Gasteiger charge is 2.36. The zero-order valence-electron chi connectivity index (χ0n) is 11.5. The summed E-state index contributed by atoms with van der Waals surface area (Å²) in [4.78, 5) is 14.2. The first-order valence-corrected chi connectivity index (χ1v) is 7.50. The van der Waals surface area contributed by atoms with Crippen molar-refractivity contribution in [3.63, 3.8) is 0 Å². The number of hydrogen-bond donors (Lipinski definition) is 0. The average molecular weight is 278 g/mol. The summed E-state index contributed by atoms with van der Waals surface area (Å²) in [5.74, 6) is 0.00995. The molecule has 0 atom stereocenters. The van der Waals surface area contributed by atoms with Crippen LogP contribution in [0.3, 0.4) is 0 Å². The van der Waals surface area contributed by atoms with Gasteiger partial charge in [0.25, 0.3) is 5.91 Å². The standard InChI is InChI=1S/C13H18N4OS/c1-10-8-11(16(2)15-10)12(18)17-6-4-13(9-14,19-3)5-7-17/h8H,4-7H2,1-3H3. The molecule has 1 saturated heterocycles. The van der Waals surface area contributed by atoms with E-state index in [2.05, 4.69) is 11.2 Å². The van der Waals surface area contributed by atoms with Crippen molar-refractivity contribution < 1.29 is 4.79 Å². The maximum absolute atomic E-state index is 12.4. The van der Waals surface area contributed by atoms with Crippen LogP contribution in [-0.4, -0.2) is 44.7 Å². The minimum Gasteiger partial charge on any atom is -0.337 e. The largest absolute Gasteiger partial charge is 0.337 e. The Balaban J connectivity index is 2.08. The van der Waals surface area contributed by atoms with Gasteiger partial charge in [-0.3, -0.25) is 9.48 Å². The fourth-order valence-corrected chi connectivity index (χ4v) is 3.09. The Labute approximate surface area is 117 Å². The lowest BCUT2D eigenvalue weighted by molar-refractivity contribution is 0.0705. The summed E-state index contributed by atoms with van der Waals surface area (Å²) in [6.07, 6.45) is 3.42. The van der Waals surface area contributed by atoms with Gasteiger partial charge in [0.2, 0.25) is 0 Å². The van der Waals surface area contributed by atoms with Crippen molar-refractivity contribution in [3.05, 3.63) is 17.5 Å². The van der Waals surface area contributed by atoms with Crippen LogP contribution in [0.4, 0.5) is 0 Å². The van der Waals surface area contributed by atoms with Crippen LogP contribution in [0.15, 0.2) is 6.07 Å². The number of amides is 1. The third kappa shape index (κ3) is 2.61. The van der Waals surface area contributed by atoms with Crippen LogP contribution in [0.25, 0.3) is 0 Å². The number of nitriles is 1. The number of aromatic nitrogens is 2. The molecule has 0 unspecified atom stereocenters. The smallest absolute Gasteiger partial charge is 0.272 e. The van der Waals surface area contributed by atoms with Gasteiger partial charge in [-0.2, -0.15) is 10.4 Å². The second-order valence-electron chi connectivity index (χ2n) is 4.90. The lowest BCUT2D eigenvalue weighted by Crippen LogP contribution is -2.44. The summed E-state index contributed by atoms with van der Waals surface area (Å²) in [7, 11) is 1.78. The first kappa shape index (κ1) is 13.9. The number of likely N-dealkylation sites (tertiary alicyclic amines) is 1. The highest BCUT2D eigenvalue weighted by Crippen LogP contribution is 2.34. The quantitative estimate of drug-likeness (QED) is 0.824. The van der Waals surface area contributed by atoms with E-state index in [4.69, 9.17) is 0 Å². The maximum Gasteiger partial charge on any atom is 0.272 e. The first-order valence-electron chi connectivity index (χ1n) is 6.28. The number of rotatable bonds is 2. The topological polar surface area (TPSA) is 61.9 Å². The first-order chi connectivity index (χ1) is 9.01. The van der Waals surface area contributed by atoms with Gasteiger partial charge in [-0.15, -0.1) is 11.8 Å². The van der Waals surface area contributed by atoms with Gasteiger partial charge < -0.3 is 4.90 Å². The molecule has 0 radical (unpaired) electrons. The highest BCUT2D eigenvalue weighted by atomic mass is 32.2. The van der Waals surface area contributed by atoms with Crippen LogP contribution in [0.2, 0.25) is 0 Å². The van der Waals surface area contributed by atoms with E-state index in [-0.39, 0.29) is 10.7 Å². The summed E-state index contributed by atoms with van der Waals surface area (Å²) in [6, 6.07) is 4.20. The van der Waals surface area contributed by atoms with Crippen molar-refractivity contribution in [3.8, 4) is 6.07 Å². The molecule has 0 N–H and O–H groups in total. The Kier molecular flexibility index (Phi) is 3.85. The molecule has 1 aliphatic rings. The van der Waals surface area contributed by atoms with E-state index in [1.807, 2.05) is 24.1 Å². The molecule has 0 aromatic carbocycles. The van der Waals surface area contributed by atoms with E-state index < -0.39 is 0 Å². The summed E-state index contributed by atoms with van der Waals surface area (Å²) in [5, 5.41) is 13.4. The summed E-state index contributed by atoms with van der Waals surface area (Å²) in [5.41, 5.74) is 1.46. The Morgan fingerprint density at radius 3 is 2.58 bits per heavy atom. The fraction of sp³-hybridized carbons (Fsp3) is 0.615. The van der Waals surface area contributed by atoms with Gasteiger partial charge >= 0.3 is 0 Å². The maximum atomic E-state index is 12.4. The summed E-state index contributed by atoms with van der Waals surface area (Å²) >= 11 is 1.59. The molecule has 0 bridgehead atoms. The van der Waals surface area contributed by atoms with E-state index in [9.17, 15) is 10.1 Å². The molecule has 1 aromatic heterocycles. The molecule has 2 heterocycles. The van der Waals surface area contributed by atoms with Crippen LogP contribution in [0.1, 0.15) is 29.0 Å². The van der Waals surface area contributed by atoms with Gasteiger partial charge in [0.15, 0.2) is 0 Å². The van der Waals surface area contributed by atoms with Gasteiger partial charge in [-0.05, 0) is 32.1 Å². The van der Waals surface area contributed by atoms with Crippen molar-refractivity contribution in [1.29, 1.82) is 5.26 Å². The fourth-order valence-electron chi connectivity index (χ4n) is 2.41. The molecule has 0 spiro atoms. The number of nitrogens with zero attached hydrogens (tertiary/aromatic N) is 4. The van der Waals surface area contributed by atoms with Crippen LogP contribution < -0.4 is 0 Å². The zero-order valence-corrected chi connectivity index (χ0v) is 12.3. The highest BCUT2D eigenvalue weighted by molar-refractivity contribution is 8.00. The van der Waals surface area contributed by atoms with Crippen molar-refractivity contribution in [2.45, 2.75) is 24.5 Å². The Morgan fingerprint density at radius 1 is 1.53 bits per heavy atom. The van der Waals surface area contributed by atoms with Crippen LogP contribution in [0, 0.1) is 18.3 Å². The van der Waals surface area contributed by atoms with Gasteiger partial charge in [0.1, 0.15) is 10.4 Å². The van der Waals surface area contributed by atoms with Crippen molar-refractivity contribution in [1.82, 2.24) is 14.7 Å². The van der Waals surface area contributed by atoms with Crippen molar-refractivity contribution in [2.24, 2.45) is 7.05 Å². The molecular weight excluding hydrogens is 260 g/mol. The molecule has 1 aromatic rings. The minimum absolute atomic E-state index is 0.00995. The molecular formula is C13H18N4OS. The molecule has 0 saturated carbocycles. The van der Waals surface area contributed by atoms with Gasteiger partial charge in [-0.25, -0.2) is 0 Å². The number of carbonyl (C=O) groups excluding carboxylic acids is 1. The Hall–Kier alpha value is -1.48. The number of aryl methyl sites for hydroxylation is 2. The van der Waals surface area contributed by atoms with E-state index in [0.717, 1.165) is 18.5 Å².